The van der Waals surface area contributed by atoms with Gasteiger partial charge < -0.3 is 30.1 Å². The molecule has 43 heavy (non-hydrogen) atoms. The zero-order chi connectivity index (χ0) is 32.7. The second-order valence-electron chi connectivity index (χ2n) is 13.0. The van der Waals surface area contributed by atoms with Crippen molar-refractivity contribution in [3.05, 3.63) is 65.2 Å². The van der Waals surface area contributed by atoms with Gasteiger partial charge in [-0.3, -0.25) is 9.59 Å². The molecule has 0 saturated heterocycles. The molecular formula is C33H47N3O7. The molecule has 0 aromatic heterocycles. The van der Waals surface area contributed by atoms with Crippen molar-refractivity contribution in [2.24, 2.45) is 5.92 Å². The third kappa shape index (κ3) is 10.6. The van der Waals surface area contributed by atoms with E-state index in [1.165, 1.54) is 11.9 Å². The third-order valence-electron chi connectivity index (χ3n) is 6.44. The lowest BCUT2D eigenvalue weighted by Crippen LogP contribution is -2.55. The summed E-state index contributed by atoms with van der Waals surface area (Å²) in [4.78, 5) is 55.1. The van der Waals surface area contributed by atoms with Gasteiger partial charge in [0, 0.05) is 19.0 Å². The van der Waals surface area contributed by atoms with Gasteiger partial charge in [-0.1, -0.05) is 62.4 Å². The first kappa shape index (κ1) is 35.1. The Kier molecular flexibility index (Phi) is 11.8. The third-order valence-corrected chi connectivity index (χ3v) is 6.44. The Bertz CT molecular complexity index is 1280. The van der Waals surface area contributed by atoms with Crippen LogP contribution >= 0.6 is 0 Å². The lowest BCUT2D eigenvalue weighted by Gasteiger charge is -2.34. The van der Waals surface area contributed by atoms with Gasteiger partial charge in [0.15, 0.2) is 0 Å². The largest absolute Gasteiger partial charge is 0.507 e. The van der Waals surface area contributed by atoms with Crippen LogP contribution in [0.1, 0.15) is 78.1 Å². The number of ether oxygens (including phenoxy) is 2. The van der Waals surface area contributed by atoms with E-state index in [1.807, 2.05) is 30.3 Å². The quantitative estimate of drug-likeness (QED) is 0.334. The molecule has 0 saturated carbocycles. The number of carbonyl (C=O) groups excluding carboxylic acids is 4. The molecule has 2 rings (SSSR count). The predicted molar refractivity (Wildman–Crippen MR) is 164 cm³/mol. The van der Waals surface area contributed by atoms with Crippen molar-refractivity contribution in [2.75, 3.05) is 7.05 Å². The summed E-state index contributed by atoms with van der Waals surface area (Å²) in [6, 6.07) is 10.6. The zero-order valence-corrected chi connectivity index (χ0v) is 27.0. The highest BCUT2D eigenvalue weighted by molar-refractivity contribution is 5.94. The van der Waals surface area contributed by atoms with Gasteiger partial charge in [0.05, 0.1) is 0 Å². The number of nitrogens with one attached hydrogen (secondary N) is 2. The van der Waals surface area contributed by atoms with E-state index in [0.29, 0.717) is 5.56 Å². The molecule has 0 aliphatic carbocycles. The summed E-state index contributed by atoms with van der Waals surface area (Å²) in [6.45, 7) is 15.5. The smallest absolute Gasteiger partial charge is 0.408 e. The van der Waals surface area contributed by atoms with Gasteiger partial charge in [-0.25, -0.2) is 9.59 Å². The van der Waals surface area contributed by atoms with Crippen LogP contribution in [0, 0.1) is 12.8 Å². The summed E-state index contributed by atoms with van der Waals surface area (Å²) in [7, 11) is 1.42. The van der Waals surface area contributed by atoms with Crippen LogP contribution in [0.3, 0.4) is 0 Å². The van der Waals surface area contributed by atoms with Crippen molar-refractivity contribution >= 4 is 23.9 Å². The highest BCUT2D eigenvalue weighted by Gasteiger charge is 2.38. The average molecular weight is 598 g/mol. The number of benzene rings is 2. The van der Waals surface area contributed by atoms with Crippen LogP contribution in [0.5, 0.6) is 5.75 Å². The molecule has 0 aliphatic rings. The van der Waals surface area contributed by atoms with Crippen LogP contribution in [0.4, 0.5) is 4.79 Å². The minimum absolute atomic E-state index is 0.139. The number of hydrogen-bond donors (Lipinski definition) is 3. The average Bonchev–Trinajstić information content (AvgIpc) is 2.87. The first-order valence-electron chi connectivity index (χ1n) is 14.4. The Hall–Kier alpha value is -4.08. The van der Waals surface area contributed by atoms with E-state index in [0.717, 1.165) is 5.56 Å². The summed E-state index contributed by atoms with van der Waals surface area (Å²) in [5, 5.41) is 16.4. The number of aromatic hydroxyl groups is 1. The SMILES string of the molecule is Cc1cccc(C(C(=O)NC(Cc2ccccc2)C(=O)OC(C)(C)C)N(C)C(=O)C(NC(=O)OC(C)(C)C)C(C)C)c1O. The number of amides is 3. The molecule has 2 aromatic rings. The Labute approximate surface area is 255 Å². The topological polar surface area (TPSA) is 134 Å². The fraction of sp³-hybridized carbons (Fsp3) is 0.515. The first-order chi connectivity index (χ1) is 19.8. The molecule has 236 valence electrons. The Morgan fingerprint density at radius 3 is 1.98 bits per heavy atom. The number of alkyl carbamates (subject to hydrolysis) is 1. The molecule has 3 amide bonds. The number of likely N-dealkylation sites (N-methyl/N-ethyl adjacent to an activating group) is 1. The van der Waals surface area contributed by atoms with E-state index < -0.39 is 53.2 Å². The number of esters is 1. The van der Waals surface area contributed by atoms with E-state index in [4.69, 9.17) is 9.47 Å². The van der Waals surface area contributed by atoms with Gasteiger partial charge >= 0.3 is 12.1 Å². The monoisotopic (exact) mass is 597 g/mol. The van der Waals surface area contributed by atoms with E-state index in [2.05, 4.69) is 10.6 Å². The maximum absolute atomic E-state index is 14.1. The summed E-state index contributed by atoms with van der Waals surface area (Å²) in [5.74, 6) is -2.47. The fourth-order valence-corrected chi connectivity index (χ4v) is 4.39. The minimum Gasteiger partial charge on any atom is -0.507 e. The van der Waals surface area contributed by atoms with Gasteiger partial charge in [-0.05, 0) is 65.5 Å². The van der Waals surface area contributed by atoms with Crippen molar-refractivity contribution in [3.63, 3.8) is 0 Å². The Balaban J connectivity index is 2.52. The molecule has 2 aromatic carbocycles. The van der Waals surface area contributed by atoms with Crippen LogP contribution in [0.2, 0.25) is 0 Å². The second-order valence-corrected chi connectivity index (χ2v) is 13.0. The predicted octanol–water partition coefficient (Wildman–Crippen LogP) is 4.82. The van der Waals surface area contributed by atoms with Crippen LogP contribution in [0.15, 0.2) is 48.5 Å². The van der Waals surface area contributed by atoms with Crippen molar-refractivity contribution in [2.45, 2.75) is 98.1 Å². The standard InChI is InChI=1S/C33H47N3O7/c1-20(2)25(35-31(41)43-33(7,8)9)29(39)36(10)26(23-18-14-15-21(3)27(23)37)28(38)34-24(30(40)42-32(4,5)6)19-22-16-12-11-13-17-22/h11-18,20,24-26,37H,19H2,1-10H3,(H,34,38)(H,35,41). The van der Waals surface area contributed by atoms with Gasteiger partial charge in [-0.15, -0.1) is 0 Å². The maximum Gasteiger partial charge on any atom is 0.408 e. The van der Waals surface area contributed by atoms with Gasteiger partial charge in [0.1, 0.15) is 35.1 Å². The van der Waals surface area contributed by atoms with Crippen LogP contribution in [0.25, 0.3) is 0 Å². The van der Waals surface area contributed by atoms with Crippen molar-refractivity contribution in [1.29, 1.82) is 0 Å². The van der Waals surface area contributed by atoms with Crippen molar-refractivity contribution < 1.29 is 33.8 Å². The first-order valence-corrected chi connectivity index (χ1v) is 14.4. The molecule has 0 spiro atoms. The van der Waals surface area contributed by atoms with Crippen molar-refractivity contribution in [3.8, 4) is 5.75 Å². The minimum atomic E-state index is -1.35. The molecule has 0 bridgehead atoms. The van der Waals surface area contributed by atoms with E-state index in [1.54, 1.807) is 80.5 Å². The van der Waals surface area contributed by atoms with Gasteiger partial charge in [0.25, 0.3) is 0 Å². The molecule has 10 nitrogen and oxygen atoms in total. The number of phenolic OH excluding ortho intramolecular Hbond substituents is 1. The molecule has 10 heteroatoms. The number of para-hydroxylation sites is 1. The highest BCUT2D eigenvalue weighted by Crippen LogP contribution is 2.32. The molecule has 3 N–H and O–H groups in total. The molecular weight excluding hydrogens is 550 g/mol. The molecule has 0 aliphatic heterocycles. The molecule has 3 atom stereocenters. The number of aryl methyl sites for hydroxylation is 1. The normalized spacial score (nSPS) is 13.8. The molecule has 3 unspecified atom stereocenters. The molecule has 0 radical (unpaired) electrons. The lowest BCUT2D eigenvalue weighted by atomic mass is 9.97. The number of carbonyl (C=O) groups is 4. The number of phenols is 1. The van der Waals surface area contributed by atoms with Crippen LogP contribution < -0.4 is 10.6 Å². The number of rotatable bonds is 10. The van der Waals surface area contributed by atoms with Gasteiger partial charge in [0.2, 0.25) is 11.8 Å². The lowest BCUT2D eigenvalue weighted by molar-refractivity contribution is -0.159. The Morgan fingerprint density at radius 1 is 0.860 bits per heavy atom. The molecule has 0 fully saturated rings. The van der Waals surface area contributed by atoms with Crippen LogP contribution in [-0.2, 0) is 30.3 Å². The summed E-state index contributed by atoms with van der Waals surface area (Å²) < 4.78 is 11.0. The van der Waals surface area contributed by atoms with E-state index >= 15 is 0 Å². The zero-order valence-electron chi connectivity index (χ0n) is 27.0. The molecule has 0 heterocycles. The second kappa shape index (κ2) is 14.4. The summed E-state index contributed by atoms with van der Waals surface area (Å²) >= 11 is 0. The van der Waals surface area contributed by atoms with Gasteiger partial charge in [-0.2, -0.15) is 0 Å². The summed E-state index contributed by atoms with van der Waals surface area (Å²) in [5.41, 5.74) is -0.145. The van der Waals surface area contributed by atoms with Crippen molar-refractivity contribution in [1.82, 2.24) is 15.5 Å². The Morgan fingerprint density at radius 2 is 1.44 bits per heavy atom. The highest BCUT2D eigenvalue weighted by atomic mass is 16.6. The fourth-order valence-electron chi connectivity index (χ4n) is 4.39. The number of nitrogens with zero attached hydrogens (tertiary/aromatic N) is 1. The van der Waals surface area contributed by atoms with E-state index in [-0.39, 0.29) is 23.7 Å². The maximum atomic E-state index is 14.1. The number of hydrogen-bond acceptors (Lipinski definition) is 7. The van der Waals surface area contributed by atoms with Crippen LogP contribution in [-0.4, -0.2) is 64.2 Å². The van der Waals surface area contributed by atoms with E-state index in [9.17, 15) is 24.3 Å². The summed E-state index contributed by atoms with van der Waals surface area (Å²) in [6.07, 6.45) is -0.638.